The summed E-state index contributed by atoms with van der Waals surface area (Å²) in [6.45, 7) is 6.42. The van der Waals surface area contributed by atoms with Crippen molar-refractivity contribution >= 4 is 22.4 Å². The van der Waals surface area contributed by atoms with Crippen molar-refractivity contribution in [2.45, 2.75) is 39.2 Å². The molecular formula is C17H22FN5OS. The van der Waals surface area contributed by atoms with Gasteiger partial charge in [0.1, 0.15) is 5.82 Å². The smallest absolute Gasteiger partial charge is 0.223 e. The molecule has 1 fully saturated rings. The van der Waals surface area contributed by atoms with E-state index in [9.17, 15) is 9.18 Å². The lowest BCUT2D eigenvalue weighted by Crippen LogP contribution is -2.37. The van der Waals surface area contributed by atoms with E-state index in [0.29, 0.717) is 16.9 Å². The molecule has 1 aliphatic rings. The molecule has 1 aliphatic heterocycles. The number of thiazole rings is 1. The van der Waals surface area contributed by atoms with Gasteiger partial charge in [-0.1, -0.05) is 6.92 Å². The summed E-state index contributed by atoms with van der Waals surface area (Å²) < 4.78 is 13.0. The fraction of sp³-hybridized carbons (Fsp3) is 0.529. The minimum absolute atomic E-state index is 0.105. The van der Waals surface area contributed by atoms with Crippen LogP contribution in [0, 0.1) is 11.7 Å². The van der Waals surface area contributed by atoms with Gasteiger partial charge in [-0.25, -0.2) is 19.3 Å². The van der Waals surface area contributed by atoms with Crippen molar-refractivity contribution in [1.82, 2.24) is 19.9 Å². The number of rotatable bonds is 5. The highest BCUT2D eigenvalue weighted by Crippen LogP contribution is 2.31. The number of carbonyl (C=O) groups excluding carboxylic acids is 1. The van der Waals surface area contributed by atoms with Crippen molar-refractivity contribution in [3.63, 3.8) is 0 Å². The maximum Gasteiger partial charge on any atom is 0.223 e. The zero-order valence-corrected chi connectivity index (χ0v) is 15.2. The van der Waals surface area contributed by atoms with E-state index in [2.05, 4.69) is 32.1 Å². The van der Waals surface area contributed by atoms with Gasteiger partial charge in [0.05, 0.1) is 12.4 Å². The predicted octanol–water partition coefficient (Wildman–Crippen LogP) is 3.05. The van der Waals surface area contributed by atoms with Gasteiger partial charge in [0, 0.05) is 37.0 Å². The molecule has 25 heavy (non-hydrogen) atoms. The van der Waals surface area contributed by atoms with E-state index in [-0.39, 0.29) is 11.8 Å². The van der Waals surface area contributed by atoms with E-state index in [1.165, 1.54) is 30.7 Å². The quantitative estimate of drug-likeness (QED) is 0.884. The molecule has 1 amide bonds. The topological polar surface area (TPSA) is 71.0 Å². The summed E-state index contributed by atoms with van der Waals surface area (Å²) in [5.41, 5.74) is 0. The molecule has 2 aromatic heterocycles. The average Bonchev–Trinajstić information content (AvgIpc) is 3.01. The highest BCUT2D eigenvalue weighted by atomic mass is 32.1. The summed E-state index contributed by atoms with van der Waals surface area (Å²) in [5.74, 6) is 0.842. The van der Waals surface area contributed by atoms with Crippen LogP contribution < -0.4 is 5.32 Å². The van der Waals surface area contributed by atoms with Crippen LogP contribution in [0.15, 0.2) is 18.6 Å². The fourth-order valence-electron chi connectivity index (χ4n) is 3.22. The molecule has 134 valence electrons. The van der Waals surface area contributed by atoms with E-state index >= 15 is 0 Å². The van der Waals surface area contributed by atoms with E-state index in [1.807, 2.05) is 6.20 Å². The molecule has 1 unspecified atom stereocenters. The lowest BCUT2D eigenvalue weighted by Gasteiger charge is -2.35. The molecule has 8 heteroatoms. The number of likely N-dealkylation sites (tertiary alicyclic amines) is 1. The molecule has 0 aliphatic carbocycles. The van der Waals surface area contributed by atoms with Crippen molar-refractivity contribution in [2.75, 3.05) is 18.4 Å². The lowest BCUT2D eigenvalue weighted by atomic mass is 9.86. The number of anilines is 1. The van der Waals surface area contributed by atoms with Gasteiger partial charge in [0.25, 0.3) is 0 Å². The first-order valence-electron chi connectivity index (χ1n) is 8.43. The summed E-state index contributed by atoms with van der Waals surface area (Å²) in [6, 6.07) is 0. The van der Waals surface area contributed by atoms with Crippen LogP contribution in [0.1, 0.15) is 43.3 Å². The van der Waals surface area contributed by atoms with Crippen LogP contribution >= 0.6 is 11.3 Å². The summed E-state index contributed by atoms with van der Waals surface area (Å²) >= 11 is 1.51. The van der Waals surface area contributed by atoms with Gasteiger partial charge >= 0.3 is 0 Å². The molecule has 3 rings (SSSR count). The van der Waals surface area contributed by atoms with Crippen LogP contribution in [0.2, 0.25) is 0 Å². The number of amides is 1. The zero-order valence-electron chi connectivity index (χ0n) is 14.4. The molecule has 0 radical (unpaired) electrons. The third-order valence-electron chi connectivity index (χ3n) is 4.51. The summed E-state index contributed by atoms with van der Waals surface area (Å²) in [5, 5.41) is 3.36. The third kappa shape index (κ3) is 4.79. The predicted molar refractivity (Wildman–Crippen MR) is 94.8 cm³/mol. The largest absolute Gasteiger partial charge is 0.302 e. The Labute approximate surface area is 150 Å². The molecular weight excluding hydrogens is 341 g/mol. The second kappa shape index (κ2) is 7.97. The lowest BCUT2D eigenvalue weighted by molar-refractivity contribution is -0.114. The second-order valence-corrected chi connectivity index (χ2v) is 7.61. The standard InChI is InChI=1S/C17H22FN5OS/c1-11(16-19-6-14(18)7-20-16)13-4-3-5-23(9-13)10-15-8-21-17(25-15)22-12(2)24/h6-8,11,13H,3-5,9-10H2,1-2H3,(H,21,22,24)/t11?,13-/m0/s1. The number of halogens is 1. The number of piperidine rings is 1. The minimum atomic E-state index is -0.401. The van der Waals surface area contributed by atoms with Crippen LogP contribution in [0.25, 0.3) is 0 Å². The van der Waals surface area contributed by atoms with Crippen molar-refractivity contribution in [1.29, 1.82) is 0 Å². The van der Waals surface area contributed by atoms with E-state index in [4.69, 9.17) is 0 Å². The number of nitrogens with one attached hydrogen (secondary N) is 1. The number of hydrogen-bond donors (Lipinski definition) is 1. The molecule has 1 saturated heterocycles. The third-order valence-corrected chi connectivity index (χ3v) is 5.41. The number of nitrogens with zero attached hydrogens (tertiary/aromatic N) is 4. The maximum absolute atomic E-state index is 13.0. The van der Waals surface area contributed by atoms with Crippen molar-refractivity contribution in [3.8, 4) is 0 Å². The molecule has 6 nitrogen and oxygen atoms in total. The van der Waals surface area contributed by atoms with Gasteiger partial charge in [-0.2, -0.15) is 0 Å². The first kappa shape index (κ1) is 17.9. The number of hydrogen-bond acceptors (Lipinski definition) is 6. The van der Waals surface area contributed by atoms with Crippen LogP contribution in [0.4, 0.5) is 9.52 Å². The Hall–Kier alpha value is -1.93. The Kier molecular flexibility index (Phi) is 5.70. The molecule has 0 bridgehead atoms. The Morgan fingerprint density at radius 1 is 1.40 bits per heavy atom. The molecule has 0 saturated carbocycles. The molecule has 2 aromatic rings. The average molecular weight is 363 g/mol. The summed E-state index contributed by atoms with van der Waals surface area (Å²) in [6.07, 6.45) is 6.54. The fourth-order valence-corrected chi connectivity index (χ4v) is 4.12. The molecule has 1 N–H and O–H groups in total. The van der Waals surface area contributed by atoms with Gasteiger partial charge in [0.15, 0.2) is 10.9 Å². The van der Waals surface area contributed by atoms with Crippen LogP contribution in [0.5, 0.6) is 0 Å². The maximum atomic E-state index is 13.0. The number of carbonyl (C=O) groups is 1. The summed E-state index contributed by atoms with van der Waals surface area (Å²) in [7, 11) is 0. The normalized spacial score (nSPS) is 19.6. The Morgan fingerprint density at radius 2 is 2.16 bits per heavy atom. The number of aromatic nitrogens is 3. The van der Waals surface area contributed by atoms with Gasteiger partial charge < -0.3 is 5.32 Å². The van der Waals surface area contributed by atoms with Gasteiger partial charge in [-0.15, -0.1) is 11.3 Å². The molecule has 0 spiro atoms. The Balaban J connectivity index is 1.60. The highest BCUT2D eigenvalue weighted by molar-refractivity contribution is 7.15. The summed E-state index contributed by atoms with van der Waals surface area (Å²) in [4.78, 5) is 27.1. The zero-order chi connectivity index (χ0) is 17.8. The van der Waals surface area contributed by atoms with Crippen molar-refractivity contribution in [2.24, 2.45) is 5.92 Å². The van der Waals surface area contributed by atoms with Crippen LogP contribution in [0.3, 0.4) is 0 Å². The van der Waals surface area contributed by atoms with Gasteiger partial charge in [-0.05, 0) is 25.3 Å². The van der Waals surface area contributed by atoms with E-state index in [1.54, 1.807) is 0 Å². The van der Waals surface area contributed by atoms with Crippen LogP contribution in [-0.4, -0.2) is 38.8 Å². The van der Waals surface area contributed by atoms with E-state index in [0.717, 1.165) is 37.4 Å². The van der Waals surface area contributed by atoms with Crippen molar-refractivity contribution < 1.29 is 9.18 Å². The monoisotopic (exact) mass is 363 g/mol. The Bertz CT molecular complexity index is 720. The van der Waals surface area contributed by atoms with Gasteiger partial charge in [0.2, 0.25) is 5.91 Å². The molecule has 2 atom stereocenters. The molecule has 3 heterocycles. The Morgan fingerprint density at radius 3 is 2.88 bits per heavy atom. The van der Waals surface area contributed by atoms with Gasteiger partial charge in [-0.3, -0.25) is 9.69 Å². The first-order valence-corrected chi connectivity index (χ1v) is 9.25. The SMILES string of the molecule is CC(=O)Nc1ncc(CN2CCC[C@H](C(C)c3ncc(F)cn3)C2)s1. The minimum Gasteiger partial charge on any atom is -0.302 e. The molecule has 0 aromatic carbocycles. The first-order chi connectivity index (χ1) is 12.0. The second-order valence-electron chi connectivity index (χ2n) is 6.50. The van der Waals surface area contributed by atoms with Crippen LogP contribution in [-0.2, 0) is 11.3 Å². The van der Waals surface area contributed by atoms with Crippen molar-refractivity contribution in [3.05, 3.63) is 35.1 Å². The van der Waals surface area contributed by atoms with E-state index < -0.39 is 5.82 Å². The highest BCUT2D eigenvalue weighted by Gasteiger charge is 2.27.